The monoisotopic (exact) mass is 235 g/mol. The summed E-state index contributed by atoms with van der Waals surface area (Å²) >= 11 is 0. The molecule has 0 saturated carbocycles. The third-order valence-corrected chi connectivity index (χ3v) is 2.70. The lowest BCUT2D eigenvalue weighted by Crippen LogP contribution is -2.20. The second kappa shape index (κ2) is 6.62. The molecule has 0 saturated heterocycles. The minimum absolute atomic E-state index is 0.210. The van der Waals surface area contributed by atoms with Crippen LogP contribution in [0.25, 0.3) is 0 Å². The van der Waals surface area contributed by atoms with Crippen LogP contribution >= 0.6 is 0 Å². The fourth-order valence-corrected chi connectivity index (χ4v) is 1.62. The van der Waals surface area contributed by atoms with Crippen LogP contribution in [-0.2, 0) is 6.42 Å². The maximum atomic E-state index is 10.7. The van der Waals surface area contributed by atoms with Crippen molar-refractivity contribution in [2.75, 3.05) is 12.4 Å². The van der Waals surface area contributed by atoms with Crippen molar-refractivity contribution >= 4 is 11.9 Å². The van der Waals surface area contributed by atoms with E-state index in [4.69, 9.17) is 5.41 Å². The van der Waals surface area contributed by atoms with Gasteiger partial charge in [-0.05, 0) is 24.1 Å². The molecule has 0 aliphatic carbocycles. The van der Waals surface area contributed by atoms with Gasteiger partial charge in [0.25, 0.3) is 0 Å². The SMILES string of the molecule is CNc1ccc(CCC(CC=N)[N+](=O)[O-])cc1. The fraction of sp³-hybridized carbons (Fsp3) is 0.417. The quantitative estimate of drug-likeness (QED) is 0.432. The van der Waals surface area contributed by atoms with Gasteiger partial charge in [0.15, 0.2) is 0 Å². The highest BCUT2D eigenvalue weighted by atomic mass is 16.6. The molecule has 0 aliphatic heterocycles. The zero-order chi connectivity index (χ0) is 12.7. The van der Waals surface area contributed by atoms with Crippen molar-refractivity contribution in [3.05, 3.63) is 39.9 Å². The minimum atomic E-state index is -0.642. The van der Waals surface area contributed by atoms with E-state index in [0.717, 1.165) is 17.5 Å². The first-order chi connectivity index (χ1) is 8.17. The molecular weight excluding hydrogens is 218 g/mol. The van der Waals surface area contributed by atoms with Crippen molar-refractivity contribution in [3.63, 3.8) is 0 Å². The number of hydrogen-bond donors (Lipinski definition) is 2. The average molecular weight is 235 g/mol. The van der Waals surface area contributed by atoms with Crippen molar-refractivity contribution in [1.29, 1.82) is 5.41 Å². The molecule has 2 N–H and O–H groups in total. The fourth-order valence-electron chi connectivity index (χ4n) is 1.62. The summed E-state index contributed by atoms with van der Waals surface area (Å²) in [6.07, 6.45) is 2.46. The van der Waals surface area contributed by atoms with Gasteiger partial charge in [-0.25, -0.2) is 0 Å². The molecular formula is C12H17N3O2. The predicted octanol–water partition coefficient (Wildman–Crippen LogP) is 2.35. The summed E-state index contributed by atoms with van der Waals surface area (Å²) in [4.78, 5) is 10.4. The van der Waals surface area contributed by atoms with Crippen LogP contribution in [0.3, 0.4) is 0 Å². The smallest absolute Gasteiger partial charge is 0.218 e. The Labute approximate surface area is 101 Å². The second-order valence-electron chi connectivity index (χ2n) is 3.86. The van der Waals surface area contributed by atoms with Crippen LogP contribution in [-0.4, -0.2) is 24.2 Å². The van der Waals surface area contributed by atoms with Crippen LogP contribution in [0.2, 0.25) is 0 Å². The van der Waals surface area contributed by atoms with Crippen LogP contribution in [0.4, 0.5) is 5.69 Å². The largest absolute Gasteiger partial charge is 0.388 e. The van der Waals surface area contributed by atoms with E-state index in [1.165, 1.54) is 0 Å². The summed E-state index contributed by atoms with van der Waals surface area (Å²) in [6, 6.07) is 7.19. The number of nitrogens with zero attached hydrogens (tertiary/aromatic N) is 1. The summed E-state index contributed by atoms with van der Waals surface area (Å²) in [5.41, 5.74) is 2.11. The van der Waals surface area contributed by atoms with Crippen molar-refractivity contribution in [2.24, 2.45) is 0 Å². The zero-order valence-corrected chi connectivity index (χ0v) is 9.85. The summed E-state index contributed by atoms with van der Waals surface area (Å²) in [7, 11) is 1.85. The van der Waals surface area contributed by atoms with E-state index in [9.17, 15) is 10.1 Å². The van der Waals surface area contributed by atoms with Crippen LogP contribution in [0.15, 0.2) is 24.3 Å². The van der Waals surface area contributed by atoms with Gasteiger partial charge in [-0.3, -0.25) is 10.1 Å². The van der Waals surface area contributed by atoms with Gasteiger partial charge in [0.2, 0.25) is 6.04 Å². The first-order valence-corrected chi connectivity index (χ1v) is 5.56. The maximum absolute atomic E-state index is 10.7. The van der Waals surface area contributed by atoms with E-state index in [-0.39, 0.29) is 11.3 Å². The topological polar surface area (TPSA) is 79.0 Å². The van der Waals surface area contributed by atoms with Gasteiger partial charge in [-0.2, -0.15) is 0 Å². The molecule has 0 radical (unpaired) electrons. The Morgan fingerprint density at radius 3 is 2.59 bits per heavy atom. The molecule has 1 aromatic rings. The van der Waals surface area contributed by atoms with E-state index in [1.54, 1.807) is 0 Å². The number of aryl methyl sites for hydroxylation is 1. The number of benzene rings is 1. The molecule has 5 nitrogen and oxygen atoms in total. The van der Waals surface area contributed by atoms with Crippen LogP contribution in [0, 0.1) is 15.5 Å². The average Bonchev–Trinajstić information content (AvgIpc) is 2.34. The molecule has 0 aromatic heterocycles. The van der Waals surface area contributed by atoms with E-state index < -0.39 is 6.04 Å². The highest BCUT2D eigenvalue weighted by Crippen LogP contribution is 2.12. The molecule has 1 atom stereocenters. The van der Waals surface area contributed by atoms with E-state index in [2.05, 4.69) is 5.32 Å². The standard InChI is InChI=1S/C12H17N3O2/c1-14-11-5-2-10(3-6-11)4-7-12(8-9-13)15(16)17/h2-3,5-6,9,12-14H,4,7-8H2,1H3. The van der Waals surface area contributed by atoms with Crippen molar-refractivity contribution in [2.45, 2.75) is 25.3 Å². The number of rotatable bonds is 7. The lowest BCUT2D eigenvalue weighted by Gasteiger charge is -2.07. The zero-order valence-electron chi connectivity index (χ0n) is 9.85. The number of nitro groups is 1. The number of anilines is 1. The Morgan fingerprint density at radius 1 is 1.47 bits per heavy atom. The number of nitrogens with one attached hydrogen (secondary N) is 2. The molecule has 1 aromatic carbocycles. The van der Waals surface area contributed by atoms with Gasteiger partial charge in [0, 0.05) is 36.7 Å². The third-order valence-electron chi connectivity index (χ3n) is 2.70. The first-order valence-electron chi connectivity index (χ1n) is 5.56. The third kappa shape index (κ3) is 4.22. The molecule has 0 amide bonds. The van der Waals surface area contributed by atoms with E-state index >= 15 is 0 Å². The second-order valence-corrected chi connectivity index (χ2v) is 3.86. The van der Waals surface area contributed by atoms with Gasteiger partial charge in [-0.15, -0.1) is 0 Å². The molecule has 0 aliphatic rings. The molecule has 1 unspecified atom stereocenters. The van der Waals surface area contributed by atoms with Gasteiger partial charge < -0.3 is 10.7 Å². The number of hydrogen-bond acceptors (Lipinski definition) is 4. The van der Waals surface area contributed by atoms with Crippen molar-refractivity contribution in [3.8, 4) is 0 Å². The van der Waals surface area contributed by atoms with Crippen molar-refractivity contribution < 1.29 is 4.92 Å². The lowest BCUT2D eigenvalue weighted by atomic mass is 10.0. The maximum Gasteiger partial charge on any atom is 0.218 e. The van der Waals surface area contributed by atoms with Gasteiger partial charge in [0.05, 0.1) is 0 Å². The van der Waals surface area contributed by atoms with E-state index in [1.807, 2.05) is 31.3 Å². The molecule has 0 fully saturated rings. The van der Waals surface area contributed by atoms with Crippen LogP contribution in [0.1, 0.15) is 18.4 Å². The molecule has 0 spiro atoms. The highest BCUT2D eigenvalue weighted by molar-refractivity contribution is 5.53. The summed E-state index contributed by atoms with van der Waals surface area (Å²) in [5, 5.41) is 20.6. The summed E-state index contributed by atoms with van der Waals surface area (Å²) in [6.45, 7) is 0. The Balaban J connectivity index is 2.52. The predicted molar refractivity (Wildman–Crippen MR) is 68.5 cm³/mol. The van der Waals surface area contributed by atoms with Gasteiger partial charge in [0.1, 0.15) is 0 Å². The van der Waals surface area contributed by atoms with Gasteiger partial charge >= 0.3 is 0 Å². The Kier molecular flexibility index (Phi) is 5.13. The van der Waals surface area contributed by atoms with Crippen molar-refractivity contribution in [1.82, 2.24) is 0 Å². The highest BCUT2D eigenvalue weighted by Gasteiger charge is 2.17. The summed E-state index contributed by atoms with van der Waals surface area (Å²) < 4.78 is 0. The molecule has 92 valence electrons. The normalized spacial score (nSPS) is 11.8. The minimum Gasteiger partial charge on any atom is -0.388 e. The molecule has 1 rings (SSSR count). The summed E-state index contributed by atoms with van der Waals surface area (Å²) in [5.74, 6) is 0. The van der Waals surface area contributed by atoms with Crippen LogP contribution in [0.5, 0.6) is 0 Å². The Hall–Kier alpha value is -1.91. The molecule has 0 bridgehead atoms. The molecule has 17 heavy (non-hydrogen) atoms. The molecule has 0 heterocycles. The van der Waals surface area contributed by atoms with Gasteiger partial charge in [-0.1, -0.05) is 12.1 Å². The first kappa shape index (κ1) is 13.2. The Bertz CT molecular complexity index is 376. The van der Waals surface area contributed by atoms with Crippen LogP contribution < -0.4 is 5.32 Å². The van der Waals surface area contributed by atoms with E-state index in [0.29, 0.717) is 12.8 Å². The molecule has 5 heteroatoms. The Morgan fingerprint density at radius 2 is 2.12 bits per heavy atom. The lowest BCUT2D eigenvalue weighted by molar-refractivity contribution is -0.521.